The van der Waals surface area contributed by atoms with Gasteiger partial charge < -0.3 is 10.1 Å². The Labute approximate surface area is 187 Å². The second kappa shape index (κ2) is 9.24. The molecule has 1 aromatic heterocycles. The van der Waals surface area contributed by atoms with Gasteiger partial charge in [0.2, 0.25) is 5.91 Å². The first-order valence-corrected chi connectivity index (χ1v) is 10.3. The Morgan fingerprint density at radius 3 is 2.67 bits per heavy atom. The molecule has 0 bridgehead atoms. The van der Waals surface area contributed by atoms with Gasteiger partial charge in [-0.15, -0.1) is 0 Å². The number of nitrogens with one attached hydrogen (secondary N) is 1. The number of aryl methyl sites for hydroxylation is 4. The molecule has 1 N–H and O–H groups in total. The van der Waals surface area contributed by atoms with E-state index in [2.05, 4.69) is 33.0 Å². The summed E-state index contributed by atoms with van der Waals surface area (Å²) in [6.07, 6.45) is 2.06. The third-order valence-electron chi connectivity index (χ3n) is 4.41. The number of nitro benzene ring substituents is 1. The van der Waals surface area contributed by atoms with Crippen LogP contribution in [0.1, 0.15) is 23.2 Å². The third-order valence-corrected chi connectivity index (χ3v) is 5.47. The maximum absolute atomic E-state index is 12.4. The molecule has 0 aliphatic carbocycles. The molecule has 1 amide bonds. The standard InChI is InChI=1S/C21H21IN4O4/c1-13-4-5-14(2)20(8-13)30-18-10-16(9-17(11-18)26(28)29)23-21(27)6-7-25-12-19(22)15(3)24-25/h4-5,8-12H,6-7H2,1-3H3,(H,23,27). The van der Waals surface area contributed by atoms with Gasteiger partial charge in [0.1, 0.15) is 11.5 Å². The highest BCUT2D eigenvalue weighted by atomic mass is 127. The molecule has 0 aliphatic rings. The molecule has 9 heteroatoms. The number of ether oxygens (including phenoxy) is 1. The van der Waals surface area contributed by atoms with Crippen LogP contribution in [-0.2, 0) is 11.3 Å². The molecule has 1 heterocycles. The Balaban J connectivity index is 1.75. The van der Waals surface area contributed by atoms with Gasteiger partial charge in [-0.25, -0.2) is 0 Å². The van der Waals surface area contributed by atoms with Gasteiger partial charge in [-0.1, -0.05) is 12.1 Å². The van der Waals surface area contributed by atoms with Crippen molar-refractivity contribution >= 4 is 39.9 Å². The van der Waals surface area contributed by atoms with Crippen LogP contribution in [0.5, 0.6) is 11.5 Å². The van der Waals surface area contributed by atoms with Crippen molar-refractivity contribution in [3.8, 4) is 11.5 Å². The van der Waals surface area contributed by atoms with Crippen molar-refractivity contribution in [2.45, 2.75) is 33.7 Å². The van der Waals surface area contributed by atoms with Crippen molar-refractivity contribution in [3.63, 3.8) is 0 Å². The first kappa shape index (κ1) is 21.8. The van der Waals surface area contributed by atoms with Crippen molar-refractivity contribution in [1.29, 1.82) is 0 Å². The number of anilines is 1. The molecule has 0 radical (unpaired) electrons. The zero-order valence-electron chi connectivity index (χ0n) is 16.8. The molecule has 0 spiro atoms. The average molecular weight is 520 g/mol. The van der Waals surface area contributed by atoms with Crippen molar-refractivity contribution in [2.24, 2.45) is 0 Å². The van der Waals surface area contributed by atoms with Crippen LogP contribution in [0.15, 0.2) is 42.6 Å². The quantitative estimate of drug-likeness (QED) is 0.264. The summed E-state index contributed by atoms with van der Waals surface area (Å²) >= 11 is 2.19. The van der Waals surface area contributed by atoms with Crippen LogP contribution in [0, 0.1) is 34.5 Å². The van der Waals surface area contributed by atoms with Gasteiger partial charge in [-0.05, 0) is 60.6 Å². The summed E-state index contributed by atoms with van der Waals surface area (Å²) in [6.45, 7) is 6.15. The molecule has 0 atom stereocenters. The number of nitrogens with zero attached hydrogens (tertiary/aromatic N) is 3. The maximum atomic E-state index is 12.4. The number of halogens is 1. The van der Waals surface area contributed by atoms with E-state index in [9.17, 15) is 14.9 Å². The molecular formula is C21H21IN4O4. The summed E-state index contributed by atoms with van der Waals surface area (Å²) in [4.78, 5) is 23.2. The average Bonchev–Trinajstić information content (AvgIpc) is 3.00. The van der Waals surface area contributed by atoms with Gasteiger partial charge >= 0.3 is 0 Å². The van der Waals surface area contributed by atoms with Crippen LogP contribution in [0.4, 0.5) is 11.4 Å². The lowest BCUT2D eigenvalue weighted by Crippen LogP contribution is -2.15. The number of rotatable bonds is 7. The summed E-state index contributed by atoms with van der Waals surface area (Å²) in [5.74, 6) is 0.623. The number of non-ortho nitro benzene ring substituents is 1. The van der Waals surface area contributed by atoms with Crippen molar-refractivity contribution < 1.29 is 14.5 Å². The number of nitro groups is 1. The lowest BCUT2D eigenvalue weighted by atomic mass is 10.1. The second-order valence-corrected chi connectivity index (χ2v) is 8.13. The van der Waals surface area contributed by atoms with E-state index in [0.717, 1.165) is 20.4 Å². The summed E-state index contributed by atoms with van der Waals surface area (Å²) in [6, 6.07) is 9.97. The zero-order chi connectivity index (χ0) is 21.8. The topological polar surface area (TPSA) is 99.3 Å². The largest absolute Gasteiger partial charge is 0.457 e. The van der Waals surface area contributed by atoms with E-state index in [-0.39, 0.29) is 23.8 Å². The number of carbonyl (C=O) groups is 1. The highest BCUT2D eigenvalue weighted by Crippen LogP contribution is 2.31. The van der Waals surface area contributed by atoms with Crippen molar-refractivity contribution in [2.75, 3.05) is 5.32 Å². The zero-order valence-corrected chi connectivity index (χ0v) is 19.0. The summed E-state index contributed by atoms with van der Waals surface area (Å²) < 4.78 is 8.61. The molecule has 0 unspecified atom stereocenters. The number of hydrogen-bond donors (Lipinski definition) is 1. The van der Waals surface area contributed by atoms with E-state index < -0.39 is 4.92 Å². The highest BCUT2D eigenvalue weighted by Gasteiger charge is 2.14. The molecule has 156 valence electrons. The molecule has 3 rings (SSSR count). The SMILES string of the molecule is Cc1ccc(C)c(Oc2cc(NC(=O)CCn3cc(I)c(C)n3)cc([N+](=O)[O-])c2)c1. The normalized spacial score (nSPS) is 10.7. The molecule has 30 heavy (non-hydrogen) atoms. The molecule has 0 saturated carbocycles. The summed E-state index contributed by atoms with van der Waals surface area (Å²) in [5.41, 5.74) is 2.97. The number of amides is 1. The first-order chi connectivity index (χ1) is 14.2. The van der Waals surface area contributed by atoms with Gasteiger partial charge in [0.25, 0.3) is 5.69 Å². The molecule has 0 aliphatic heterocycles. The highest BCUT2D eigenvalue weighted by molar-refractivity contribution is 14.1. The van der Waals surface area contributed by atoms with Gasteiger partial charge in [-0.3, -0.25) is 19.6 Å². The van der Waals surface area contributed by atoms with E-state index in [1.54, 1.807) is 10.7 Å². The fourth-order valence-electron chi connectivity index (χ4n) is 2.81. The predicted octanol–water partition coefficient (Wildman–Crippen LogP) is 5.14. The van der Waals surface area contributed by atoms with Crippen LogP contribution < -0.4 is 10.1 Å². The van der Waals surface area contributed by atoms with Crippen molar-refractivity contribution in [3.05, 3.63) is 73.1 Å². The Kier molecular flexibility index (Phi) is 6.70. The lowest BCUT2D eigenvalue weighted by molar-refractivity contribution is -0.384. The molecular weight excluding hydrogens is 499 g/mol. The number of hydrogen-bond acceptors (Lipinski definition) is 5. The predicted molar refractivity (Wildman–Crippen MR) is 122 cm³/mol. The van der Waals surface area contributed by atoms with E-state index in [1.807, 2.05) is 45.2 Å². The van der Waals surface area contributed by atoms with Gasteiger partial charge in [0.05, 0.1) is 25.9 Å². The van der Waals surface area contributed by atoms with Crippen LogP contribution in [0.3, 0.4) is 0 Å². The minimum atomic E-state index is -0.514. The molecule has 0 fully saturated rings. The fourth-order valence-corrected chi connectivity index (χ4v) is 3.24. The Morgan fingerprint density at radius 1 is 1.23 bits per heavy atom. The minimum Gasteiger partial charge on any atom is -0.457 e. The summed E-state index contributed by atoms with van der Waals surface area (Å²) in [7, 11) is 0. The molecule has 2 aromatic carbocycles. The van der Waals surface area contributed by atoms with Crippen molar-refractivity contribution in [1.82, 2.24) is 9.78 Å². The second-order valence-electron chi connectivity index (χ2n) is 6.97. The van der Waals surface area contributed by atoms with Gasteiger partial charge in [-0.2, -0.15) is 5.10 Å². The van der Waals surface area contributed by atoms with E-state index in [0.29, 0.717) is 18.0 Å². The number of aromatic nitrogens is 2. The van der Waals surface area contributed by atoms with Crippen LogP contribution in [0.2, 0.25) is 0 Å². The Hall–Kier alpha value is -2.95. The van der Waals surface area contributed by atoms with E-state index >= 15 is 0 Å². The maximum Gasteiger partial charge on any atom is 0.275 e. The first-order valence-electron chi connectivity index (χ1n) is 9.25. The molecule has 8 nitrogen and oxygen atoms in total. The Morgan fingerprint density at radius 2 is 2.00 bits per heavy atom. The van der Waals surface area contributed by atoms with E-state index in [1.165, 1.54) is 12.1 Å². The monoisotopic (exact) mass is 520 g/mol. The van der Waals surface area contributed by atoms with Crippen LogP contribution in [-0.4, -0.2) is 20.6 Å². The Bertz CT molecular complexity index is 1090. The smallest absolute Gasteiger partial charge is 0.275 e. The minimum absolute atomic E-state index is 0.162. The lowest BCUT2D eigenvalue weighted by Gasteiger charge is -2.12. The van der Waals surface area contributed by atoms with Crippen LogP contribution in [0.25, 0.3) is 0 Å². The fraction of sp³-hybridized carbons (Fsp3) is 0.238. The van der Waals surface area contributed by atoms with Gasteiger partial charge in [0.15, 0.2) is 0 Å². The number of benzene rings is 2. The third kappa shape index (κ3) is 5.56. The molecule has 3 aromatic rings. The van der Waals surface area contributed by atoms with E-state index in [4.69, 9.17) is 4.74 Å². The number of carbonyl (C=O) groups excluding carboxylic acids is 1. The van der Waals surface area contributed by atoms with Crippen LogP contribution >= 0.6 is 22.6 Å². The summed E-state index contributed by atoms with van der Waals surface area (Å²) in [5, 5.41) is 18.4. The van der Waals surface area contributed by atoms with Gasteiger partial charge in [0, 0.05) is 31.3 Å². The molecule has 0 saturated heterocycles.